The van der Waals surface area contributed by atoms with Gasteiger partial charge < -0.3 is 20.0 Å². The molecule has 2 aromatic heterocycles. The van der Waals surface area contributed by atoms with Crippen LogP contribution in [0.25, 0.3) is 22.6 Å². The zero-order valence-corrected chi connectivity index (χ0v) is 12.9. The van der Waals surface area contributed by atoms with Crippen molar-refractivity contribution in [3.8, 4) is 34.2 Å². The summed E-state index contributed by atoms with van der Waals surface area (Å²) in [5.41, 5.74) is 7.17. The van der Waals surface area contributed by atoms with Crippen molar-refractivity contribution < 1.29 is 19.1 Å². The number of nitrogens with zero attached hydrogens (tertiary/aromatic N) is 2. The van der Waals surface area contributed by atoms with Crippen LogP contribution < -0.4 is 10.5 Å². The summed E-state index contributed by atoms with van der Waals surface area (Å²) in [6, 6.07) is 9.98. The summed E-state index contributed by atoms with van der Waals surface area (Å²) < 4.78 is 10.8. The molecular formula is C17H15N3O4. The number of hydrogen-bond acceptors (Lipinski definition) is 6. The van der Waals surface area contributed by atoms with Crippen molar-refractivity contribution in [1.82, 2.24) is 9.97 Å². The zero-order chi connectivity index (χ0) is 17.1. The lowest BCUT2D eigenvalue weighted by molar-refractivity contribution is -0.117. The molecular weight excluding hydrogens is 310 g/mol. The molecule has 7 heteroatoms. The summed E-state index contributed by atoms with van der Waals surface area (Å²) in [6.07, 6.45) is 1.50. The lowest BCUT2D eigenvalue weighted by Crippen LogP contribution is -2.13. The van der Waals surface area contributed by atoms with Crippen LogP contribution >= 0.6 is 0 Å². The van der Waals surface area contributed by atoms with Crippen molar-refractivity contribution in [2.24, 2.45) is 5.73 Å². The van der Waals surface area contributed by atoms with Crippen LogP contribution in [0.1, 0.15) is 5.89 Å². The number of pyridine rings is 1. The van der Waals surface area contributed by atoms with Gasteiger partial charge in [0, 0.05) is 23.4 Å². The van der Waals surface area contributed by atoms with E-state index in [4.69, 9.17) is 14.9 Å². The predicted molar refractivity (Wildman–Crippen MR) is 86.3 cm³/mol. The molecule has 2 heterocycles. The molecule has 0 saturated carbocycles. The van der Waals surface area contributed by atoms with Crippen LogP contribution in [0.5, 0.6) is 11.6 Å². The Hall–Kier alpha value is -3.35. The summed E-state index contributed by atoms with van der Waals surface area (Å²) in [5.74, 6) is 0.775. The number of rotatable bonds is 5. The maximum Gasteiger partial charge on any atom is 0.226 e. The van der Waals surface area contributed by atoms with E-state index in [1.54, 1.807) is 42.6 Å². The summed E-state index contributed by atoms with van der Waals surface area (Å²) in [5, 5.41) is 9.44. The Morgan fingerprint density at radius 2 is 1.92 bits per heavy atom. The van der Waals surface area contributed by atoms with Crippen LogP contribution in [-0.4, -0.2) is 28.1 Å². The molecule has 0 bridgehead atoms. The average Bonchev–Trinajstić information content (AvgIpc) is 2.98. The molecule has 122 valence electrons. The molecule has 24 heavy (non-hydrogen) atoms. The molecule has 7 nitrogen and oxygen atoms in total. The van der Waals surface area contributed by atoms with E-state index in [-0.39, 0.29) is 18.1 Å². The minimum atomic E-state index is -0.534. The van der Waals surface area contributed by atoms with Crippen molar-refractivity contribution in [3.63, 3.8) is 0 Å². The third-order valence-corrected chi connectivity index (χ3v) is 3.35. The normalized spacial score (nSPS) is 10.5. The molecule has 3 aromatic rings. The first-order valence-electron chi connectivity index (χ1n) is 7.14. The Morgan fingerprint density at radius 1 is 1.21 bits per heavy atom. The number of nitrogens with two attached hydrogens (primary N) is 1. The number of amides is 1. The number of aromatic hydroxyl groups is 1. The molecule has 0 spiro atoms. The molecule has 0 unspecified atom stereocenters. The highest BCUT2D eigenvalue weighted by Crippen LogP contribution is 2.33. The van der Waals surface area contributed by atoms with Crippen LogP contribution in [-0.2, 0) is 11.2 Å². The minimum Gasteiger partial charge on any atom is -0.508 e. The number of ether oxygens (including phenoxy) is 1. The maximum atomic E-state index is 11.2. The third kappa shape index (κ3) is 3.19. The first-order chi connectivity index (χ1) is 11.6. The second kappa shape index (κ2) is 6.41. The van der Waals surface area contributed by atoms with E-state index in [0.717, 1.165) is 0 Å². The number of methoxy groups -OCH3 is 1. The van der Waals surface area contributed by atoms with Crippen molar-refractivity contribution in [3.05, 3.63) is 48.5 Å². The summed E-state index contributed by atoms with van der Waals surface area (Å²) >= 11 is 0. The van der Waals surface area contributed by atoms with Gasteiger partial charge in [0.1, 0.15) is 17.9 Å². The van der Waals surface area contributed by atoms with Gasteiger partial charge in [0.25, 0.3) is 0 Å². The molecule has 0 fully saturated rings. The van der Waals surface area contributed by atoms with Gasteiger partial charge in [-0.25, -0.2) is 9.97 Å². The topological polar surface area (TPSA) is 111 Å². The largest absolute Gasteiger partial charge is 0.508 e. The van der Waals surface area contributed by atoms with E-state index >= 15 is 0 Å². The van der Waals surface area contributed by atoms with E-state index in [9.17, 15) is 9.90 Å². The van der Waals surface area contributed by atoms with Crippen LogP contribution in [0.3, 0.4) is 0 Å². The standard InChI is InChI=1S/C17H15N3O4/c1-23-14-7-4-11(9-19-14)16-17(10-2-5-12(21)6-3-10)24-15(20-16)8-13(18)22/h2-7,9,21H,8H2,1H3,(H2,18,22). The monoisotopic (exact) mass is 325 g/mol. The fourth-order valence-corrected chi connectivity index (χ4v) is 2.23. The number of carbonyl (C=O) groups excluding carboxylic acids is 1. The minimum absolute atomic E-state index is 0.103. The SMILES string of the molecule is COc1ccc(-c2nc(CC(N)=O)oc2-c2ccc(O)cc2)cn1. The van der Waals surface area contributed by atoms with Gasteiger partial charge in [-0.05, 0) is 30.3 Å². The number of phenols is 1. The first-order valence-corrected chi connectivity index (χ1v) is 7.14. The Balaban J connectivity index is 2.09. The van der Waals surface area contributed by atoms with E-state index in [1.165, 1.54) is 7.11 Å². The Labute approximate surface area is 137 Å². The van der Waals surface area contributed by atoms with Gasteiger partial charge in [-0.15, -0.1) is 0 Å². The number of oxazole rings is 1. The number of benzene rings is 1. The lowest BCUT2D eigenvalue weighted by atomic mass is 10.1. The number of phenolic OH excluding ortho intramolecular Hbond substituents is 1. The van der Waals surface area contributed by atoms with E-state index in [2.05, 4.69) is 9.97 Å². The fraction of sp³-hybridized carbons (Fsp3) is 0.118. The molecule has 3 N–H and O–H groups in total. The van der Waals surface area contributed by atoms with Gasteiger partial charge in [0.2, 0.25) is 17.7 Å². The Morgan fingerprint density at radius 3 is 2.50 bits per heavy atom. The zero-order valence-electron chi connectivity index (χ0n) is 12.9. The smallest absolute Gasteiger partial charge is 0.226 e. The lowest BCUT2D eigenvalue weighted by Gasteiger charge is -2.03. The van der Waals surface area contributed by atoms with E-state index < -0.39 is 5.91 Å². The third-order valence-electron chi connectivity index (χ3n) is 3.35. The Bertz CT molecular complexity index is 855. The van der Waals surface area contributed by atoms with Crippen molar-refractivity contribution in [2.45, 2.75) is 6.42 Å². The molecule has 0 aliphatic carbocycles. The van der Waals surface area contributed by atoms with Crippen LogP contribution in [0.15, 0.2) is 47.0 Å². The molecule has 0 saturated heterocycles. The van der Waals surface area contributed by atoms with Gasteiger partial charge in [0.15, 0.2) is 5.76 Å². The van der Waals surface area contributed by atoms with Crippen molar-refractivity contribution >= 4 is 5.91 Å². The molecule has 0 aliphatic rings. The second-order valence-electron chi connectivity index (χ2n) is 5.06. The first kappa shape index (κ1) is 15.5. The van der Waals surface area contributed by atoms with Crippen LogP contribution in [0.2, 0.25) is 0 Å². The number of hydrogen-bond donors (Lipinski definition) is 2. The van der Waals surface area contributed by atoms with Crippen molar-refractivity contribution in [2.75, 3.05) is 7.11 Å². The average molecular weight is 325 g/mol. The summed E-state index contributed by atoms with van der Waals surface area (Å²) in [7, 11) is 1.53. The van der Waals surface area contributed by atoms with E-state index in [1.807, 2.05) is 0 Å². The molecule has 0 radical (unpaired) electrons. The number of carbonyl (C=O) groups is 1. The molecule has 0 atom stereocenters. The van der Waals surface area contributed by atoms with Crippen molar-refractivity contribution in [1.29, 1.82) is 0 Å². The van der Waals surface area contributed by atoms with Gasteiger partial charge in [-0.1, -0.05) is 0 Å². The maximum absolute atomic E-state index is 11.2. The predicted octanol–water partition coefficient (Wildman–Crippen LogP) is 2.15. The van der Waals surface area contributed by atoms with E-state index in [0.29, 0.717) is 28.5 Å². The highest BCUT2D eigenvalue weighted by atomic mass is 16.5. The van der Waals surface area contributed by atoms with Gasteiger partial charge in [0.05, 0.1) is 7.11 Å². The quantitative estimate of drug-likeness (QED) is 0.743. The second-order valence-corrected chi connectivity index (χ2v) is 5.06. The highest BCUT2D eigenvalue weighted by molar-refractivity contribution is 5.79. The molecule has 1 amide bonds. The summed E-state index contributed by atoms with van der Waals surface area (Å²) in [6.45, 7) is 0. The molecule has 0 aliphatic heterocycles. The number of primary amides is 1. The van der Waals surface area contributed by atoms with Gasteiger partial charge in [-0.3, -0.25) is 4.79 Å². The fourth-order valence-electron chi connectivity index (χ4n) is 2.23. The number of aromatic nitrogens is 2. The molecule has 3 rings (SSSR count). The van der Waals surface area contributed by atoms with Crippen LogP contribution in [0.4, 0.5) is 0 Å². The van der Waals surface area contributed by atoms with Crippen LogP contribution in [0, 0.1) is 0 Å². The molecule has 1 aromatic carbocycles. The van der Waals surface area contributed by atoms with Gasteiger partial charge in [-0.2, -0.15) is 0 Å². The van der Waals surface area contributed by atoms with Gasteiger partial charge >= 0.3 is 0 Å². The Kier molecular flexibility index (Phi) is 4.15. The summed E-state index contributed by atoms with van der Waals surface area (Å²) in [4.78, 5) is 19.7. The highest BCUT2D eigenvalue weighted by Gasteiger charge is 2.18.